The van der Waals surface area contributed by atoms with Crippen molar-refractivity contribution in [2.75, 3.05) is 39.5 Å². The quantitative estimate of drug-likeness (QED) is 0.291. The summed E-state index contributed by atoms with van der Waals surface area (Å²) in [4.78, 5) is 49.9. The van der Waals surface area contributed by atoms with Crippen LogP contribution in [0.25, 0.3) is 0 Å². The lowest BCUT2D eigenvalue weighted by molar-refractivity contribution is 0.0331. The zero-order valence-corrected chi connectivity index (χ0v) is 18.4. The Kier molecular flexibility index (Phi) is 9.63. The molecule has 0 aliphatic rings. The molecule has 0 amide bonds. The van der Waals surface area contributed by atoms with Gasteiger partial charge in [-0.1, -0.05) is 0 Å². The van der Waals surface area contributed by atoms with Crippen LogP contribution in [0.15, 0.2) is 73.6 Å². The third-order valence-electron chi connectivity index (χ3n) is 4.67. The Bertz CT molecular complexity index is 914. The first-order valence-corrected chi connectivity index (χ1v) is 10.6. The van der Waals surface area contributed by atoms with E-state index in [1.165, 1.54) is 37.2 Å². The van der Waals surface area contributed by atoms with Crippen molar-refractivity contribution in [2.45, 2.75) is 0 Å². The maximum absolute atomic E-state index is 12.1. The topological polar surface area (TPSA) is 121 Å². The summed E-state index contributed by atoms with van der Waals surface area (Å²) in [7, 11) is 0. The number of pyridine rings is 3. The molecule has 10 heteroatoms. The number of esters is 3. The summed E-state index contributed by atoms with van der Waals surface area (Å²) in [5, 5.41) is 0. The average molecular weight is 464 g/mol. The maximum Gasteiger partial charge on any atom is 0.338 e. The molecule has 34 heavy (non-hydrogen) atoms. The van der Waals surface area contributed by atoms with Crippen LogP contribution in [0.4, 0.5) is 0 Å². The fourth-order valence-electron chi connectivity index (χ4n) is 2.85. The third-order valence-corrected chi connectivity index (χ3v) is 4.67. The van der Waals surface area contributed by atoms with Crippen LogP contribution >= 0.6 is 0 Å². The molecule has 3 aromatic rings. The first-order valence-electron chi connectivity index (χ1n) is 10.6. The second-order valence-electron chi connectivity index (χ2n) is 6.96. The van der Waals surface area contributed by atoms with E-state index in [4.69, 9.17) is 14.2 Å². The van der Waals surface area contributed by atoms with Gasteiger partial charge in [0.25, 0.3) is 0 Å². The number of carbonyl (C=O) groups is 3. The minimum Gasteiger partial charge on any atom is -0.461 e. The molecule has 0 aliphatic carbocycles. The van der Waals surface area contributed by atoms with Gasteiger partial charge in [-0.25, -0.2) is 14.4 Å². The molecule has 3 rings (SSSR count). The van der Waals surface area contributed by atoms with E-state index in [0.717, 1.165) is 0 Å². The molecule has 0 fully saturated rings. The Morgan fingerprint density at radius 2 is 0.794 bits per heavy atom. The highest BCUT2D eigenvalue weighted by molar-refractivity contribution is 5.90. The molecule has 0 saturated heterocycles. The van der Waals surface area contributed by atoms with Crippen LogP contribution in [0, 0.1) is 0 Å². The summed E-state index contributed by atoms with van der Waals surface area (Å²) >= 11 is 0. The highest BCUT2D eigenvalue weighted by Crippen LogP contribution is 2.03. The molecule has 0 aliphatic heterocycles. The Balaban J connectivity index is 1.48. The molecule has 0 spiro atoms. The van der Waals surface area contributed by atoms with Crippen molar-refractivity contribution >= 4 is 17.9 Å². The molecule has 3 heterocycles. The fraction of sp³-hybridized carbons (Fsp3) is 0.250. The standard InChI is InChI=1S/C24H24N4O6/c29-22(19-1-7-25-8-2-19)32-16-13-28(14-17-33-23(30)20-3-9-26-10-4-20)15-18-34-24(31)21-5-11-27-12-6-21/h1-12H,13-18H2. The van der Waals surface area contributed by atoms with Gasteiger partial charge in [-0.05, 0) is 36.4 Å². The van der Waals surface area contributed by atoms with E-state index < -0.39 is 17.9 Å². The van der Waals surface area contributed by atoms with Gasteiger partial charge in [0, 0.05) is 56.8 Å². The van der Waals surface area contributed by atoms with Gasteiger partial charge in [-0.15, -0.1) is 0 Å². The summed E-state index contributed by atoms with van der Waals surface area (Å²) < 4.78 is 15.9. The summed E-state index contributed by atoms with van der Waals surface area (Å²) in [5.74, 6) is -1.39. The Morgan fingerprint density at radius 3 is 1.06 bits per heavy atom. The molecule has 0 N–H and O–H groups in total. The van der Waals surface area contributed by atoms with E-state index >= 15 is 0 Å². The van der Waals surface area contributed by atoms with Crippen molar-refractivity contribution < 1.29 is 28.6 Å². The molecule has 0 unspecified atom stereocenters. The lowest BCUT2D eigenvalue weighted by Gasteiger charge is -2.22. The average Bonchev–Trinajstić information content (AvgIpc) is 2.89. The van der Waals surface area contributed by atoms with Crippen LogP contribution in [0.3, 0.4) is 0 Å². The van der Waals surface area contributed by atoms with Crippen molar-refractivity contribution in [3.63, 3.8) is 0 Å². The highest BCUT2D eigenvalue weighted by Gasteiger charge is 2.13. The first-order chi connectivity index (χ1) is 16.6. The van der Waals surface area contributed by atoms with Gasteiger partial charge < -0.3 is 14.2 Å². The first kappa shape index (κ1) is 24.5. The summed E-state index contributed by atoms with van der Waals surface area (Å²) in [6.07, 6.45) is 9.07. The molecule has 0 aromatic carbocycles. The maximum atomic E-state index is 12.1. The van der Waals surface area contributed by atoms with Crippen LogP contribution in [-0.4, -0.2) is 77.2 Å². The largest absolute Gasteiger partial charge is 0.461 e. The summed E-state index contributed by atoms with van der Waals surface area (Å²) in [6, 6.07) is 9.40. The lowest BCUT2D eigenvalue weighted by atomic mass is 10.3. The van der Waals surface area contributed by atoms with Crippen molar-refractivity contribution in [3.8, 4) is 0 Å². The van der Waals surface area contributed by atoms with Gasteiger partial charge in [0.1, 0.15) is 19.8 Å². The molecule has 176 valence electrons. The van der Waals surface area contributed by atoms with Crippen molar-refractivity contribution in [3.05, 3.63) is 90.3 Å². The number of nitrogens with zero attached hydrogens (tertiary/aromatic N) is 4. The zero-order chi connectivity index (χ0) is 24.0. The van der Waals surface area contributed by atoms with E-state index in [-0.39, 0.29) is 19.8 Å². The second kappa shape index (κ2) is 13.4. The number of hydrogen-bond donors (Lipinski definition) is 0. The predicted molar refractivity (Wildman–Crippen MR) is 120 cm³/mol. The normalized spacial score (nSPS) is 10.5. The van der Waals surface area contributed by atoms with Gasteiger partial charge in [-0.3, -0.25) is 19.9 Å². The van der Waals surface area contributed by atoms with Gasteiger partial charge >= 0.3 is 17.9 Å². The lowest BCUT2D eigenvalue weighted by Crippen LogP contribution is -2.35. The third kappa shape index (κ3) is 8.06. The monoisotopic (exact) mass is 464 g/mol. The predicted octanol–water partition coefficient (Wildman–Crippen LogP) is 2.04. The molecular weight excluding hydrogens is 440 g/mol. The second-order valence-corrected chi connectivity index (χ2v) is 6.96. The van der Waals surface area contributed by atoms with Crippen LogP contribution < -0.4 is 0 Å². The number of aromatic nitrogens is 3. The SMILES string of the molecule is O=C(OCCN(CCOC(=O)c1ccncc1)CCOC(=O)c1ccncc1)c1ccncc1. The molecule has 0 saturated carbocycles. The zero-order valence-electron chi connectivity index (χ0n) is 18.4. The summed E-state index contributed by atoms with van der Waals surface area (Å²) in [6.45, 7) is 1.40. The van der Waals surface area contributed by atoms with E-state index in [1.54, 1.807) is 36.4 Å². The molecule has 0 radical (unpaired) electrons. The van der Waals surface area contributed by atoms with Crippen LogP contribution in [0.2, 0.25) is 0 Å². The number of rotatable bonds is 12. The van der Waals surface area contributed by atoms with Crippen LogP contribution in [0.5, 0.6) is 0 Å². The Hall–Kier alpha value is -4.18. The highest BCUT2D eigenvalue weighted by atomic mass is 16.5. The Labute approximate surface area is 196 Å². The van der Waals surface area contributed by atoms with Crippen molar-refractivity contribution in [1.29, 1.82) is 0 Å². The molecule has 0 bridgehead atoms. The minimum absolute atomic E-state index is 0.109. The van der Waals surface area contributed by atoms with Crippen LogP contribution in [-0.2, 0) is 14.2 Å². The molecule has 3 aromatic heterocycles. The summed E-state index contributed by atoms with van der Waals surface area (Å²) in [5.41, 5.74) is 1.21. The van der Waals surface area contributed by atoms with Gasteiger partial charge in [0.15, 0.2) is 0 Å². The van der Waals surface area contributed by atoms with E-state index in [1.807, 2.05) is 4.90 Å². The smallest absolute Gasteiger partial charge is 0.338 e. The minimum atomic E-state index is -0.462. The van der Waals surface area contributed by atoms with Gasteiger partial charge in [0.2, 0.25) is 0 Å². The Morgan fingerprint density at radius 1 is 0.529 bits per heavy atom. The van der Waals surface area contributed by atoms with Crippen molar-refractivity contribution in [1.82, 2.24) is 19.9 Å². The van der Waals surface area contributed by atoms with Crippen LogP contribution in [0.1, 0.15) is 31.1 Å². The van der Waals surface area contributed by atoms with E-state index in [0.29, 0.717) is 36.3 Å². The van der Waals surface area contributed by atoms with Crippen molar-refractivity contribution in [2.24, 2.45) is 0 Å². The van der Waals surface area contributed by atoms with E-state index in [9.17, 15) is 14.4 Å². The molecular formula is C24H24N4O6. The van der Waals surface area contributed by atoms with Gasteiger partial charge in [-0.2, -0.15) is 0 Å². The number of carbonyl (C=O) groups excluding carboxylic acids is 3. The number of hydrogen-bond acceptors (Lipinski definition) is 10. The van der Waals surface area contributed by atoms with Gasteiger partial charge in [0.05, 0.1) is 16.7 Å². The number of ether oxygens (including phenoxy) is 3. The molecule has 0 atom stereocenters. The fourth-order valence-corrected chi connectivity index (χ4v) is 2.85. The molecule has 10 nitrogen and oxygen atoms in total. The van der Waals surface area contributed by atoms with E-state index in [2.05, 4.69) is 15.0 Å².